The van der Waals surface area contributed by atoms with Crippen LogP contribution in [0.2, 0.25) is 0 Å². The Bertz CT molecular complexity index is 1100. The first kappa shape index (κ1) is 26.1. The highest BCUT2D eigenvalue weighted by Gasteiger charge is 2.22. The van der Waals surface area contributed by atoms with Crippen molar-refractivity contribution in [3.05, 3.63) is 40.6 Å². The van der Waals surface area contributed by atoms with E-state index in [1.54, 1.807) is 27.2 Å². The molecule has 0 radical (unpaired) electrons. The highest BCUT2D eigenvalue weighted by molar-refractivity contribution is 5.98. The van der Waals surface area contributed by atoms with Crippen molar-refractivity contribution < 1.29 is 24.2 Å². The molecule has 8 heteroatoms. The molecule has 1 fully saturated rings. The molecular weight excluding hydrogens is 446 g/mol. The Morgan fingerprint density at radius 1 is 1.11 bits per heavy atom. The second kappa shape index (κ2) is 11.7. The van der Waals surface area contributed by atoms with Crippen LogP contribution in [0.5, 0.6) is 11.5 Å². The van der Waals surface area contributed by atoms with Gasteiger partial charge in [-0.2, -0.15) is 0 Å². The van der Waals surface area contributed by atoms with E-state index >= 15 is 0 Å². The van der Waals surface area contributed by atoms with E-state index in [0.717, 1.165) is 33.6 Å². The molecule has 0 aliphatic heterocycles. The van der Waals surface area contributed by atoms with Crippen molar-refractivity contribution in [2.75, 3.05) is 26.1 Å². The highest BCUT2D eigenvalue weighted by Crippen LogP contribution is 2.44. The SMILES string of the molecule is COc1c(C)c(-c2ccc(NC3CCCC3)nc2)c(OC)c(C)c1/C=C(\C)C(=O)NCCC(=O)O. The lowest BCUT2D eigenvalue weighted by Crippen LogP contribution is -2.26. The molecule has 1 aliphatic rings. The number of hydrogen-bond acceptors (Lipinski definition) is 6. The zero-order valence-electron chi connectivity index (χ0n) is 21.2. The maximum Gasteiger partial charge on any atom is 0.305 e. The van der Waals surface area contributed by atoms with Gasteiger partial charge in [0.25, 0.3) is 0 Å². The van der Waals surface area contributed by atoms with E-state index in [4.69, 9.17) is 14.6 Å². The third-order valence-corrected chi connectivity index (χ3v) is 6.44. The molecule has 188 valence electrons. The summed E-state index contributed by atoms with van der Waals surface area (Å²) < 4.78 is 11.6. The summed E-state index contributed by atoms with van der Waals surface area (Å²) in [6.07, 6.45) is 8.34. The van der Waals surface area contributed by atoms with Gasteiger partial charge >= 0.3 is 5.97 Å². The second-order valence-corrected chi connectivity index (χ2v) is 8.89. The number of nitrogens with one attached hydrogen (secondary N) is 2. The smallest absolute Gasteiger partial charge is 0.305 e. The van der Waals surface area contributed by atoms with Gasteiger partial charge in [-0.05, 0) is 51.8 Å². The van der Waals surface area contributed by atoms with E-state index in [-0.39, 0.29) is 18.9 Å². The largest absolute Gasteiger partial charge is 0.496 e. The fourth-order valence-electron chi connectivity index (χ4n) is 4.62. The molecule has 0 bridgehead atoms. The molecule has 0 unspecified atom stereocenters. The fraction of sp³-hybridized carbons (Fsp3) is 0.444. The Kier molecular flexibility index (Phi) is 8.73. The molecule has 1 amide bonds. The third kappa shape index (κ3) is 6.12. The number of nitrogens with zero attached hydrogens (tertiary/aromatic N) is 1. The minimum absolute atomic E-state index is 0.0648. The number of carboxylic acids is 1. The van der Waals surface area contributed by atoms with Crippen LogP contribution in [0.25, 0.3) is 17.2 Å². The highest BCUT2D eigenvalue weighted by atomic mass is 16.5. The van der Waals surface area contributed by atoms with Crippen LogP contribution in [0.4, 0.5) is 5.82 Å². The van der Waals surface area contributed by atoms with Crippen molar-refractivity contribution in [1.29, 1.82) is 0 Å². The van der Waals surface area contributed by atoms with Crippen LogP contribution in [-0.2, 0) is 9.59 Å². The molecule has 1 saturated carbocycles. The van der Waals surface area contributed by atoms with Crippen LogP contribution >= 0.6 is 0 Å². The molecule has 35 heavy (non-hydrogen) atoms. The van der Waals surface area contributed by atoms with Crippen molar-refractivity contribution in [2.45, 2.75) is 58.9 Å². The molecule has 1 aromatic heterocycles. The van der Waals surface area contributed by atoms with Crippen LogP contribution in [-0.4, -0.2) is 48.8 Å². The van der Waals surface area contributed by atoms with Crippen molar-refractivity contribution in [1.82, 2.24) is 10.3 Å². The van der Waals surface area contributed by atoms with Gasteiger partial charge in [-0.25, -0.2) is 4.98 Å². The molecule has 0 saturated heterocycles. The monoisotopic (exact) mass is 481 g/mol. The van der Waals surface area contributed by atoms with E-state index in [9.17, 15) is 9.59 Å². The van der Waals surface area contributed by atoms with Gasteiger partial charge < -0.3 is 25.2 Å². The van der Waals surface area contributed by atoms with E-state index in [1.165, 1.54) is 25.7 Å². The number of aliphatic carboxylic acids is 1. The van der Waals surface area contributed by atoms with Crippen LogP contribution in [0.15, 0.2) is 23.9 Å². The number of amides is 1. The number of hydrogen-bond donors (Lipinski definition) is 3. The number of pyridine rings is 1. The number of carboxylic acid groups (broad SMARTS) is 1. The van der Waals surface area contributed by atoms with Gasteiger partial charge in [-0.15, -0.1) is 0 Å². The van der Waals surface area contributed by atoms with Gasteiger partial charge in [0.2, 0.25) is 5.91 Å². The Morgan fingerprint density at radius 3 is 2.37 bits per heavy atom. The summed E-state index contributed by atoms with van der Waals surface area (Å²) in [6.45, 7) is 5.63. The average molecular weight is 482 g/mol. The Balaban J connectivity index is 1.95. The zero-order valence-corrected chi connectivity index (χ0v) is 21.2. The van der Waals surface area contributed by atoms with Gasteiger partial charge in [0.05, 0.1) is 20.6 Å². The summed E-state index contributed by atoms with van der Waals surface area (Å²) in [4.78, 5) is 27.8. The molecule has 1 aromatic carbocycles. The summed E-state index contributed by atoms with van der Waals surface area (Å²) in [6, 6.07) is 4.51. The molecule has 8 nitrogen and oxygen atoms in total. The number of methoxy groups -OCH3 is 2. The fourth-order valence-corrected chi connectivity index (χ4v) is 4.62. The predicted molar refractivity (Wildman–Crippen MR) is 137 cm³/mol. The molecular formula is C27H35N3O5. The Morgan fingerprint density at radius 2 is 1.80 bits per heavy atom. The van der Waals surface area contributed by atoms with Crippen molar-refractivity contribution in [2.24, 2.45) is 0 Å². The minimum atomic E-state index is -0.961. The first-order valence-electron chi connectivity index (χ1n) is 11.9. The van der Waals surface area contributed by atoms with Gasteiger partial charge in [-0.3, -0.25) is 9.59 Å². The first-order valence-corrected chi connectivity index (χ1v) is 11.9. The molecule has 2 aromatic rings. The van der Waals surface area contributed by atoms with Gasteiger partial charge in [0.15, 0.2) is 0 Å². The van der Waals surface area contributed by atoms with Gasteiger partial charge in [-0.1, -0.05) is 12.8 Å². The maximum atomic E-state index is 12.5. The summed E-state index contributed by atoms with van der Waals surface area (Å²) in [5.74, 6) is 0.904. The molecule has 1 heterocycles. The van der Waals surface area contributed by atoms with Crippen LogP contribution in [0.1, 0.15) is 55.7 Å². The van der Waals surface area contributed by atoms with E-state index < -0.39 is 5.97 Å². The lowest BCUT2D eigenvalue weighted by atomic mass is 9.91. The van der Waals surface area contributed by atoms with E-state index in [1.807, 2.05) is 32.2 Å². The van der Waals surface area contributed by atoms with Crippen molar-refractivity contribution >= 4 is 23.8 Å². The Hall–Kier alpha value is -3.55. The number of ether oxygens (including phenoxy) is 2. The maximum absolute atomic E-state index is 12.5. The van der Waals surface area contributed by atoms with Gasteiger partial charge in [0, 0.05) is 52.2 Å². The van der Waals surface area contributed by atoms with Crippen molar-refractivity contribution in [3.8, 4) is 22.6 Å². The molecule has 3 N–H and O–H groups in total. The number of benzene rings is 1. The third-order valence-electron chi connectivity index (χ3n) is 6.44. The second-order valence-electron chi connectivity index (χ2n) is 8.89. The molecule has 0 atom stereocenters. The minimum Gasteiger partial charge on any atom is -0.496 e. The molecule has 1 aliphatic carbocycles. The van der Waals surface area contributed by atoms with Crippen LogP contribution in [0, 0.1) is 13.8 Å². The Labute approximate surface area is 206 Å². The van der Waals surface area contributed by atoms with Crippen molar-refractivity contribution in [3.63, 3.8) is 0 Å². The standard InChI is InChI=1S/C27H35N3O5/c1-16(27(33)28-13-12-23(31)32)14-21-17(2)26(35-5)24(18(3)25(21)34-4)19-10-11-22(29-15-19)30-20-8-6-7-9-20/h10-11,14-15,20H,6-9,12-13H2,1-5H3,(H,28,33)(H,29,30)(H,31,32)/b16-14+. The summed E-state index contributed by atoms with van der Waals surface area (Å²) >= 11 is 0. The van der Waals surface area contributed by atoms with Crippen LogP contribution < -0.4 is 20.1 Å². The molecule has 0 spiro atoms. The van der Waals surface area contributed by atoms with E-state index in [0.29, 0.717) is 23.1 Å². The first-order chi connectivity index (χ1) is 16.8. The van der Waals surface area contributed by atoms with E-state index in [2.05, 4.69) is 15.6 Å². The number of anilines is 1. The van der Waals surface area contributed by atoms with Crippen LogP contribution in [0.3, 0.4) is 0 Å². The van der Waals surface area contributed by atoms with Gasteiger partial charge in [0.1, 0.15) is 17.3 Å². The topological polar surface area (TPSA) is 110 Å². The normalized spacial score (nSPS) is 14.0. The summed E-state index contributed by atoms with van der Waals surface area (Å²) in [5, 5.41) is 14.9. The predicted octanol–water partition coefficient (Wildman–Crippen LogP) is 4.73. The average Bonchev–Trinajstić information content (AvgIpc) is 3.34. The summed E-state index contributed by atoms with van der Waals surface area (Å²) in [5.41, 5.74) is 4.69. The number of rotatable bonds is 10. The lowest BCUT2D eigenvalue weighted by molar-refractivity contribution is -0.136. The zero-order chi connectivity index (χ0) is 25.5. The molecule has 3 rings (SSSR count). The number of carbonyl (C=O) groups excluding carboxylic acids is 1. The number of aromatic nitrogens is 1. The number of carbonyl (C=O) groups is 2. The lowest BCUT2D eigenvalue weighted by Gasteiger charge is -2.21. The quantitative estimate of drug-likeness (QED) is 0.421. The summed E-state index contributed by atoms with van der Waals surface area (Å²) in [7, 11) is 3.23.